The molecular weight excluding hydrogens is 403 g/mol. The van der Waals surface area contributed by atoms with Crippen LogP contribution in [0.1, 0.15) is 50.4 Å². The van der Waals surface area contributed by atoms with Crippen LogP contribution in [0.4, 0.5) is 10.1 Å². The van der Waals surface area contributed by atoms with Gasteiger partial charge < -0.3 is 4.90 Å². The van der Waals surface area contributed by atoms with Crippen molar-refractivity contribution in [2.24, 2.45) is 10.8 Å². The Morgan fingerprint density at radius 2 is 1.67 bits per heavy atom. The van der Waals surface area contributed by atoms with Gasteiger partial charge in [-0.05, 0) is 78.6 Å². The zero-order valence-corrected chi connectivity index (χ0v) is 18.3. The van der Waals surface area contributed by atoms with Crippen molar-refractivity contribution >= 4 is 21.6 Å². The minimum absolute atomic E-state index is 0.00522. The lowest BCUT2D eigenvalue weighted by Crippen LogP contribution is -2.37. The molecule has 2 aromatic rings. The smallest absolute Gasteiger partial charge is 0.261 e. The van der Waals surface area contributed by atoms with Crippen LogP contribution in [0.5, 0.6) is 0 Å². The van der Waals surface area contributed by atoms with Crippen LogP contribution in [-0.4, -0.2) is 31.8 Å². The molecular formula is C23H27FN2O3S. The van der Waals surface area contributed by atoms with Crippen LogP contribution in [0.2, 0.25) is 0 Å². The van der Waals surface area contributed by atoms with Crippen LogP contribution >= 0.6 is 0 Å². The van der Waals surface area contributed by atoms with E-state index in [0.29, 0.717) is 11.3 Å². The molecule has 2 atom stereocenters. The lowest BCUT2D eigenvalue weighted by atomic mass is 9.65. The number of rotatable bonds is 4. The molecule has 1 heterocycles. The number of halogens is 1. The summed E-state index contributed by atoms with van der Waals surface area (Å²) >= 11 is 0. The predicted molar refractivity (Wildman–Crippen MR) is 114 cm³/mol. The molecule has 1 aliphatic carbocycles. The third-order valence-electron chi connectivity index (χ3n) is 6.18. The molecule has 0 radical (unpaired) electrons. The Kier molecular flexibility index (Phi) is 4.92. The van der Waals surface area contributed by atoms with Crippen LogP contribution in [0, 0.1) is 16.6 Å². The molecule has 1 N–H and O–H groups in total. The van der Waals surface area contributed by atoms with Gasteiger partial charge in [-0.1, -0.05) is 20.8 Å². The Morgan fingerprint density at radius 3 is 2.30 bits per heavy atom. The Bertz CT molecular complexity index is 1060. The summed E-state index contributed by atoms with van der Waals surface area (Å²) in [5, 5.41) is 0. The molecule has 1 saturated carbocycles. The summed E-state index contributed by atoms with van der Waals surface area (Å²) in [5.74, 6) is -0.505. The van der Waals surface area contributed by atoms with Gasteiger partial charge in [-0.15, -0.1) is 0 Å². The number of benzene rings is 2. The summed E-state index contributed by atoms with van der Waals surface area (Å²) in [4.78, 5) is 15.1. The highest BCUT2D eigenvalue weighted by Crippen LogP contribution is 2.52. The first-order chi connectivity index (χ1) is 14.0. The summed E-state index contributed by atoms with van der Waals surface area (Å²) in [6.45, 7) is 7.57. The molecule has 1 aliphatic heterocycles. The van der Waals surface area contributed by atoms with Gasteiger partial charge in [0, 0.05) is 23.8 Å². The van der Waals surface area contributed by atoms with Crippen LogP contribution in [0.3, 0.4) is 0 Å². The number of sulfonamides is 1. The first kappa shape index (κ1) is 20.8. The second-order valence-corrected chi connectivity index (χ2v) is 11.5. The molecule has 4 rings (SSSR count). The summed E-state index contributed by atoms with van der Waals surface area (Å²) in [6.07, 6.45) is 3.16. The summed E-state index contributed by atoms with van der Waals surface area (Å²) in [7, 11) is -3.82. The van der Waals surface area contributed by atoms with E-state index in [1.807, 2.05) is 4.90 Å². The number of hydrogen-bond donors (Lipinski definition) is 1. The maximum absolute atomic E-state index is 13.1. The molecule has 1 saturated heterocycles. The van der Waals surface area contributed by atoms with E-state index < -0.39 is 15.8 Å². The van der Waals surface area contributed by atoms with Gasteiger partial charge in [-0.2, -0.15) is 0 Å². The van der Waals surface area contributed by atoms with Crippen molar-refractivity contribution in [1.29, 1.82) is 0 Å². The van der Waals surface area contributed by atoms with Crippen LogP contribution < -0.4 is 4.72 Å². The maximum atomic E-state index is 13.1. The fourth-order valence-electron chi connectivity index (χ4n) is 5.37. The Morgan fingerprint density at radius 1 is 1.03 bits per heavy atom. The fraction of sp³-hybridized carbons (Fsp3) is 0.435. The third kappa shape index (κ3) is 4.08. The molecule has 2 fully saturated rings. The number of nitrogens with one attached hydrogen (secondary N) is 1. The number of likely N-dealkylation sites (tertiary alicyclic amines) is 1. The molecule has 30 heavy (non-hydrogen) atoms. The van der Waals surface area contributed by atoms with Gasteiger partial charge in [0.1, 0.15) is 5.82 Å². The van der Waals surface area contributed by atoms with Crippen molar-refractivity contribution in [1.82, 2.24) is 4.90 Å². The van der Waals surface area contributed by atoms with E-state index in [0.717, 1.165) is 37.9 Å². The lowest BCUT2D eigenvalue weighted by molar-refractivity contribution is 0.0708. The van der Waals surface area contributed by atoms with Crippen molar-refractivity contribution in [2.75, 3.05) is 11.3 Å². The molecule has 0 aromatic heterocycles. The highest BCUT2D eigenvalue weighted by Gasteiger charge is 2.51. The van der Waals surface area contributed by atoms with Gasteiger partial charge in [-0.3, -0.25) is 9.52 Å². The average molecular weight is 431 g/mol. The van der Waals surface area contributed by atoms with Gasteiger partial charge >= 0.3 is 0 Å². The molecule has 1 unspecified atom stereocenters. The molecule has 2 aliphatic rings. The van der Waals surface area contributed by atoms with E-state index in [9.17, 15) is 17.6 Å². The van der Waals surface area contributed by atoms with Crippen LogP contribution in [0.25, 0.3) is 0 Å². The third-order valence-corrected chi connectivity index (χ3v) is 7.58. The Labute approximate surface area is 177 Å². The molecule has 7 heteroatoms. The molecule has 160 valence electrons. The Hall–Kier alpha value is -2.41. The van der Waals surface area contributed by atoms with Crippen molar-refractivity contribution in [3.63, 3.8) is 0 Å². The molecule has 0 spiro atoms. The van der Waals surface area contributed by atoms with Crippen LogP contribution in [-0.2, 0) is 10.0 Å². The van der Waals surface area contributed by atoms with Gasteiger partial charge in [0.15, 0.2) is 0 Å². The van der Waals surface area contributed by atoms with E-state index in [2.05, 4.69) is 25.5 Å². The number of fused-ring (bicyclic) bond motifs is 2. The van der Waals surface area contributed by atoms with E-state index in [1.165, 1.54) is 12.1 Å². The fourth-order valence-corrected chi connectivity index (χ4v) is 6.43. The average Bonchev–Trinajstić information content (AvgIpc) is 2.90. The van der Waals surface area contributed by atoms with E-state index in [4.69, 9.17) is 0 Å². The number of hydrogen-bond acceptors (Lipinski definition) is 3. The van der Waals surface area contributed by atoms with Crippen LogP contribution in [0.15, 0.2) is 53.4 Å². The number of amides is 1. The van der Waals surface area contributed by atoms with Gasteiger partial charge in [0.2, 0.25) is 0 Å². The summed E-state index contributed by atoms with van der Waals surface area (Å²) in [5.41, 5.74) is 1.29. The minimum Gasteiger partial charge on any atom is -0.335 e. The van der Waals surface area contributed by atoms with E-state index in [-0.39, 0.29) is 27.7 Å². The number of nitrogens with zero attached hydrogens (tertiary/aromatic N) is 1. The summed E-state index contributed by atoms with van der Waals surface area (Å²) in [6, 6.07) is 11.4. The monoisotopic (exact) mass is 430 g/mol. The van der Waals surface area contributed by atoms with Crippen molar-refractivity contribution in [3.05, 3.63) is 59.9 Å². The second kappa shape index (κ2) is 7.08. The Balaban J connectivity index is 1.49. The quantitative estimate of drug-likeness (QED) is 0.767. The normalized spacial score (nSPS) is 25.2. The van der Waals surface area contributed by atoms with Gasteiger partial charge in [0.25, 0.3) is 15.9 Å². The SMILES string of the molecule is CC1(C)CC2C[C@](C)(CN2C(=O)c2ccc(NS(=O)(=O)c3ccc(F)cc3)cc2)C1. The van der Waals surface area contributed by atoms with Crippen molar-refractivity contribution < 1.29 is 17.6 Å². The predicted octanol–water partition coefficient (Wildman–Crippen LogP) is 4.67. The standard InChI is InChI=1S/C23H27FN2O3S/c1-22(2)12-19-13-23(3,14-22)15-26(19)21(27)16-4-8-18(9-5-16)25-30(28,29)20-10-6-17(24)7-11-20/h4-11,19,25H,12-15H2,1-3H3/t19?,23-/m0/s1. The topological polar surface area (TPSA) is 66.5 Å². The van der Waals surface area contributed by atoms with Gasteiger partial charge in [-0.25, -0.2) is 12.8 Å². The largest absolute Gasteiger partial charge is 0.335 e. The first-order valence-electron chi connectivity index (χ1n) is 10.2. The molecule has 1 amide bonds. The van der Waals surface area contributed by atoms with Crippen molar-refractivity contribution in [3.8, 4) is 0 Å². The number of carbonyl (C=O) groups is 1. The zero-order valence-electron chi connectivity index (χ0n) is 17.5. The first-order valence-corrected chi connectivity index (χ1v) is 11.6. The molecule has 2 bridgehead atoms. The zero-order chi connectivity index (χ0) is 21.7. The molecule has 2 aromatic carbocycles. The van der Waals surface area contributed by atoms with Crippen molar-refractivity contribution in [2.45, 2.75) is 51.0 Å². The van der Waals surface area contributed by atoms with E-state index >= 15 is 0 Å². The minimum atomic E-state index is -3.82. The highest BCUT2D eigenvalue weighted by atomic mass is 32.2. The molecule has 5 nitrogen and oxygen atoms in total. The van der Waals surface area contributed by atoms with E-state index in [1.54, 1.807) is 24.3 Å². The lowest BCUT2D eigenvalue weighted by Gasteiger charge is -2.39. The highest BCUT2D eigenvalue weighted by molar-refractivity contribution is 7.92. The number of carbonyl (C=O) groups excluding carboxylic acids is 1. The van der Waals surface area contributed by atoms with Gasteiger partial charge in [0.05, 0.1) is 4.90 Å². The second-order valence-electron chi connectivity index (χ2n) is 9.78. The maximum Gasteiger partial charge on any atom is 0.261 e. The summed E-state index contributed by atoms with van der Waals surface area (Å²) < 4.78 is 40.4. The number of anilines is 1.